The quantitative estimate of drug-likeness (QED) is 0.602. The highest BCUT2D eigenvalue weighted by molar-refractivity contribution is 6.10. The maximum absolute atomic E-state index is 8.56. The number of anilines is 1. The monoisotopic (exact) mass is 238 g/mol. The van der Waals surface area contributed by atoms with Gasteiger partial charge in [-0.25, -0.2) is 0 Å². The minimum atomic E-state index is -0.211. The van der Waals surface area contributed by atoms with E-state index in [1.54, 1.807) is 18.2 Å². The first kappa shape index (κ1) is 11.6. The number of aliphatic imine (C=N–C) groups is 1. The summed E-state index contributed by atoms with van der Waals surface area (Å²) < 4.78 is 0. The second kappa shape index (κ2) is 5.46. The fourth-order valence-electron chi connectivity index (χ4n) is 1.52. The SMILES string of the molecule is N#CC(C#N)=NNc1cccc(C2=NCCN2)c1. The zero-order chi connectivity index (χ0) is 12.8. The van der Waals surface area contributed by atoms with E-state index < -0.39 is 0 Å². The Balaban J connectivity index is 2.16. The van der Waals surface area contributed by atoms with Crippen molar-refractivity contribution in [3.8, 4) is 12.1 Å². The van der Waals surface area contributed by atoms with E-state index in [1.165, 1.54) is 0 Å². The van der Waals surface area contributed by atoms with Crippen LogP contribution >= 0.6 is 0 Å². The molecule has 0 aromatic heterocycles. The zero-order valence-corrected chi connectivity index (χ0v) is 9.51. The molecule has 0 radical (unpaired) electrons. The first-order valence-corrected chi connectivity index (χ1v) is 5.36. The van der Waals surface area contributed by atoms with Gasteiger partial charge in [-0.3, -0.25) is 10.4 Å². The van der Waals surface area contributed by atoms with Gasteiger partial charge in [-0.1, -0.05) is 12.1 Å². The fraction of sp³-hybridized carbons (Fsp3) is 0.167. The maximum Gasteiger partial charge on any atom is 0.237 e. The topological polar surface area (TPSA) is 96.4 Å². The average molecular weight is 238 g/mol. The number of rotatable bonds is 3. The number of hydrogen-bond acceptors (Lipinski definition) is 6. The summed E-state index contributed by atoms with van der Waals surface area (Å²) in [6.07, 6.45) is 0. The molecule has 1 aliphatic rings. The second-order valence-corrected chi connectivity index (χ2v) is 3.53. The molecule has 0 fully saturated rings. The first-order valence-electron chi connectivity index (χ1n) is 5.36. The maximum atomic E-state index is 8.56. The van der Waals surface area contributed by atoms with E-state index in [1.807, 2.05) is 18.2 Å². The van der Waals surface area contributed by atoms with Gasteiger partial charge >= 0.3 is 0 Å². The van der Waals surface area contributed by atoms with Crippen molar-refractivity contribution in [3.05, 3.63) is 29.8 Å². The number of hydrogen-bond donors (Lipinski definition) is 2. The molecule has 0 bridgehead atoms. The summed E-state index contributed by atoms with van der Waals surface area (Å²) in [6, 6.07) is 10.8. The predicted molar refractivity (Wildman–Crippen MR) is 68.1 cm³/mol. The van der Waals surface area contributed by atoms with Crippen molar-refractivity contribution in [2.45, 2.75) is 0 Å². The van der Waals surface area contributed by atoms with Gasteiger partial charge in [-0.05, 0) is 12.1 Å². The van der Waals surface area contributed by atoms with Crippen LogP contribution < -0.4 is 10.7 Å². The van der Waals surface area contributed by atoms with Gasteiger partial charge in [0.25, 0.3) is 0 Å². The Bertz CT molecular complexity index is 571. The molecule has 1 aliphatic heterocycles. The van der Waals surface area contributed by atoms with Crippen LogP contribution in [0.5, 0.6) is 0 Å². The Morgan fingerprint density at radius 2 is 2.22 bits per heavy atom. The molecule has 0 atom stereocenters. The van der Waals surface area contributed by atoms with Crippen LogP contribution in [-0.2, 0) is 0 Å². The van der Waals surface area contributed by atoms with Crippen LogP contribution in [0.2, 0.25) is 0 Å². The molecule has 6 heteroatoms. The van der Waals surface area contributed by atoms with Crippen molar-refractivity contribution in [3.63, 3.8) is 0 Å². The minimum absolute atomic E-state index is 0.211. The molecule has 0 amide bonds. The van der Waals surface area contributed by atoms with Gasteiger partial charge in [0, 0.05) is 12.1 Å². The highest BCUT2D eigenvalue weighted by Gasteiger charge is 2.07. The molecule has 0 spiro atoms. The number of nitriles is 2. The summed E-state index contributed by atoms with van der Waals surface area (Å²) in [5, 5.41) is 24.0. The van der Waals surface area contributed by atoms with Gasteiger partial charge in [0.15, 0.2) is 0 Å². The molecule has 1 heterocycles. The number of hydrazone groups is 1. The van der Waals surface area contributed by atoms with Crippen molar-refractivity contribution in [2.24, 2.45) is 10.1 Å². The third-order valence-electron chi connectivity index (χ3n) is 2.32. The Labute approximate surface area is 104 Å². The van der Waals surface area contributed by atoms with E-state index in [2.05, 4.69) is 20.8 Å². The van der Waals surface area contributed by atoms with E-state index in [-0.39, 0.29) is 5.71 Å². The second-order valence-electron chi connectivity index (χ2n) is 3.53. The molecule has 2 rings (SSSR count). The smallest absolute Gasteiger partial charge is 0.237 e. The lowest BCUT2D eigenvalue weighted by atomic mass is 10.2. The van der Waals surface area contributed by atoms with Gasteiger partial charge in [0.1, 0.15) is 18.0 Å². The molecule has 1 aromatic rings. The molecule has 0 unspecified atom stereocenters. The number of amidine groups is 1. The van der Waals surface area contributed by atoms with Crippen LogP contribution in [0.15, 0.2) is 34.4 Å². The average Bonchev–Trinajstić information content (AvgIpc) is 2.94. The Morgan fingerprint density at radius 3 is 2.89 bits per heavy atom. The first-order chi connectivity index (χ1) is 8.83. The lowest BCUT2D eigenvalue weighted by Gasteiger charge is -2.05. The lowest BCUT2D eigenvalue weighted by molar-refractivity contribution is 0.960. The van der Waals surface area contributed by atoms with Gasteiger partial charge < -0.3 is 5.32 Å². The molecule has 0 saturated carbocycles. The molecule has 0 saturated heterocycles. The Morgan fingerprint density at radius 1 is 1.39 bits per heavy atom. The highest BCUT2D eigenvalue weighted by Crippen LogP contribution is 2.12. The molecular weight excluding hydrogens is 228 g/mol. The third kappa shape index (κ3) is 2.63. The number of benzene rings is 1. The molecular formula is C12H10N6. The van der Waals surface area contributed by atoms with E-state index in [0.717, 1.165) is 24.5 Å². The summed E-state index contributed by atoms with van der Waals surface area (Å²) in [6.45, 7) is 1.62. The largest absolute Gasteiger partial charge is 0.368 e. The van der Waals surface area contributed by atoms with Crippen molar-refractivity contribution in [2.75, 3.05) is 18.5 Å². The number of nitrogens with one attached hydrogen (secondary N) is 2. The molecule has 1 aromatic carbocycles. The van der Waals surface area contributed by atoms with E-state index >= 15 is 0 Å². The highest BCUT2D eigenvalue weighted by atomic mass is 15.3. The van der Waals surface area contributed by atoms with Gasteiger partial charge in [0.2, 0.25) is 5.71 Å². The minimum Gasteiger partial charge on any atom is -0.368 e. The molecule has 18 heavy (non-hydrogen) atoms. The Hall–Kier alpha value is -2.86. The summed E-state index contributed by atoms with van der Waals surface area (Å²) in [5.74, 6) is 0.850. The number of nitrogens with zero attached hydrogens (tertiary/aromatic N) is 4. The Kier molecular flexibility index (Phi) is 3.53. The van der Waals surface area contributed by atoms with Crippen molar-refractivity contribution in [1.29, 1.82) is 10.5 Å². The van der Waals surface area contributed by atoms with Crippen LogP contribution in [0.4, 0.5) is 5.69 Å². The van der Waals surface area contributed by atoms with Crippen molar-refractivity contribution in [1.82, 2.24) is 5.32 Å². The van der Waals surface area contributed by atoms with Crippen LogP contribution in [0.3, 0.4) is 0 Å². The summed E-state index contributed by atoms with van der Waals surface area (Å²) in [5.41, 5.74) is 4.11. The molecule has 0 aliphatic carbocycles. The lowest BCUT2D eigenvalue weighted by Crippen LogP contribution is -2.19. The normalized spacial score (nSPS) is 12.7. The predicted octanol–water partition coefficient (Wildman–Crippen LogP) is 0.851. The van der Waals surface area contributed by atoms with Crippen LogP contribution in [0.1, 0.15) is 5.56 Å². The van der Waals surface area contributed by atoms with E-state index in [4.69, 9.17) is 10.5 Å². The third-order valence-corrected chi connectivity index (χ3v) is 2.32. The van der Waals surface area contributed by atoms with Crippen LogP contribution in [0, 0.1) is 22.7 Å². The standard InChI is InChI=1S/C12H10N6/c13-7-11(8-14)18-17-10-3-1-2-9(6-10)12-15-4-5-16-12/h1-3,6,17H,4-5H2,(H,15,16). The van der Waals surface area contributed by atoms with Gasteiger partial charge in [0.05, 0.1) is 12.2 Å². The molecule has 6 nitrogen and oxygen atoms in total. The van der Waals surface area contributed by atoms with Gasteiger partial charge in [-0.2, -0.15) is 15.6 Å². The molecule has 2 N–H and O–H groups in total. The van der Waals surface area contributed by atoms with E-state index in [0.29, 0.717) is 5.69 Å². The molecule has 88 valence electrons. The summed E-state index contributed by atoms with van der Waals surface area (Å²) >= 11 is 0. The van der Waals surface area contributed by atoms with Crippen LogP contribution in [-0.4, -0.2) is 24.6 Å². The van der Waals surface area contributed by atoms with E-state index in [9.17, 15) is 0 Å². The van der Waals surface area contributed by atoms with Crippen molar-refractivity contribution >= 4 is 17.2 Å². The summed E-state index contributed by atoms with van der Waals surface area (Å²) in [7, 11) is 0. The summed E-state index contributed by atoms with van der Waals surface area (Å²) in [4.78, 5) is 4.31. The van der Waals surface area contributed by atoms with Gasteiger partial charge in [-0.15, -0.1) is 0 Å². The van der Waals surface area contributed by atoms with Crippen molar-refractivity contribution < 1.29 is 0 Å². The fourth-order valence-corrected chi connectivity index (χ4v) is 1.52. The van der Waals surface area contributed by atoms with Crippen LogP contribution in [0.25, 0.3) is 0 Å². The zero-order valence-electron chi connectivity index (χ0n) is 9.51.